The second-order valence-corrected chi connectivity index (χ2v) is 6.65. The highest BCUT2D eigenvalue weighted by molar-refractivity contribution is 5.86. The summed E-state index contributed by atoms with van der Waals surface area (Å²) in [6, 6.07) is 30.2. The third kappa shape index (κ3) is 3.37. The largest absolute Gasteiger partial charge is 0.291 e. The summed E-state index contributed by atoms with van der Waals surface area (Å²) in [6.07, 6.45) is 3.76. The van der Waals surface area contributed by atoms with Crippen LogP contribution in [0.15, 0.2) is 97.3 Å². The van der Waals surface area contributed by atoms with E-state index in [2.05, 4.69) is 102 Å². The van der Waals surface area contributed by atoms with Crippen molar-refractivity contribution in [2.75, 3.05) is 7.05 Å². The van der Waals surface area contributed by atoms with Gasteiger partial charge in [0.1, 0.15) is 0 Å². The minimum atomic E-state index is 0.171. The second kappa shape index (κ2) is 7.51. The minimum absolute atomic E-state index is 0.171. The summed E-state index contributed by atoms with van der Waals surface area (Å²) in [4.78, 5) is 6.62. The Morgan fingerprint density at radius 2 is 1.46 bits per heavy atom. The van der Waals surface area contributed by atoms with Crippen LogP contribution in [0.25, 0.3) is 10.8 Å². The van der Waals surface area contributed by atoms with Crippen LogP contribution in [0.1, 0.15) is 22.7 Å². The molecule has 0 saturated heterocycles. The Labute approximate surface area is 154 Å². The quantitative estimate of drug-likeness (QED) is 0.480. The molecular formula is C24H22N2. The Balaban J connectivity index is 1.81. The highest BCUT2D eigenvalue weighted by atomic mass is 15.1. The SMILES string of the molecule is CN(Cc1ccccc1)C(c1ccncc1)c1cccc2ccccc12. The molecule has 0 fully saturated rings. The molecule has 26 heavy (non-hydrogen) atoms. The zero-order chi connectivity index (χ0) is 17.8. The van der Waals surface area contributed by atoms with Crippen LogP contribution in [0.2, 0.25) is 0 Å². The van der Waals surface area contributed by atoms with Gasteiger partial charge in [-0.15, -0.1) is 0 Å². The zero-order valence-corrected chi connectivity index (χ0v) is 14.9. The van der Waals surface area contributed by atoms with E-state index in [0.29, 0.717) is 0 Å². The van der Waals surface area contributed by atoms with E-state index in [0.717, 1.165) is 6.54 Å². The number of hydrogen-bond acceptors (Lipinski definition) is 2. The van der Waals surface area contributed by atoms with Crippen LogP contribution >= 0.6 is 0 Å². The van der Waals surface area contributed by atoms with E-state index in [1.165, 1.54) is 27.5 Å². The second-order valence-electron chi connectivity index (χ2n) is 6.65. The van der Waals surface area contributed by atoms with Gasteiger partial charge in [0.25, 0.3) is 0 Å². The van der Waals surface area contributed by atoms with E-state index in [9.17, 15) is 0 Å². The average molecular weight is 338 g/mol. The lowest BCUT2D eigenvalue weighted by Gasteiger charge is -2.30. The highest BCUT2D eigenvalue weighted by Gasteiger charge is 2.21. The molecule has 1 heterocycles. The normalized spacial score (nSPS) is 12.4. The fourth-order valence-electron chi connectivity index (χ4n) is 3.67. The van der Waals surface area contributed by atoms with Crippen LogP contribution in [0, 0.1) is 0 Å². The Morgan fingerprint density at radius 3 is 2.27 bits per heavy atom. The molecular weight excluding hydrogens is 316 g/mol. The third-order valence-electron chi connectivity index (χ3n) is 4.86. The van der Waals surface area contributed by atoms with Gasteiger partial charge >= 0.3 is 0 Å². The van der Waals surface area contributed by atoms with Gasteiger partial charge in [0, 0.05) is 18.9 Å². The number of nitrogens with zero attached hydrogens (tertiary/aromatic N) is 2. The predicted molar refractivity (Wildman–Crippen MR) is 108 cm³/mol. The summed E-state index contributed by atoms with van der Waals surface area (Å²) in [5, 5.41) is 2.58. The van der Waals surface area contributed by atoms with Crippen LogP contribution < -0.4 is 0 Å². The van der Waals surface area contributed by atoms with E-state index in [4.69, 9.17) is 0 Å². The smallest absolute Gasteiger partial charge is 0.0609 e. The van der Waals surface area contributed by atoms with E-state index in [-0.39, 0.29) is 6.04 Å². The van der Waals surface area contributed by atoms with Crippen molar-refractivity contribution >= 4 is 10.8 Å². The topological polar surface area (TPSA) is 16.1 Å². The van der Waals surface area contributed by atoms with Gasteiger partial charge in [0.05, 0.1) is 6.04 Å². The highest BCUT2D eigenvalue weighted by Crippen LogP contribution is 2.33. The molecule has 2 heteroatoms. The Morgan fingerprint density at radius 1 is 0.769 bits per heavy atom. The number of aromatic nitrogens is 1. The molecule has 0 amide bonds. The molecule has 0 aliphatic rings. The first-order valence-electron chi connectivity index (χ1n) is 8.95. The zero-order valence-electron chi connectivity index (χ0n) is 14.9. The first-order chi connectivity index (χ1) is 12.8. The number of hydrogen-bond donors (Lipinski definition) is 0. The van der Waals surface area contributed by atoms with Crippen LogP contribution in [-0.2, 0) is 6.54 Å². The molecule has 0 aliphatic carbocycles. The molecule has 1 atom stereocenters. The van der Waals surface area contributed by atoms with Crippen LogP contribution in [0.4, 0.5) is 0 Å². The number of fused-ring (bicyclic) bond motifs is 1. The minimum Gasteiger partial charge on any atom is -0.291 e. The third-order valence-corrected chi connectivity index (χ3v) is 4.86. The summed E-state index contributed by atoms with van der Waals surface area (Å²) >= 11 is 0. The van der Waals surface area contributed by atoms with E-state index >= 15 is 0 Å². The fraction of sp³-hybridized carbons (Fsp3) is 0.125. The number of benzene rings is 3. The molecule has 3 aromatic carbocycles. The van der Waals surface area contributed by atoms with Gasteiger partial charge in [0.15, 0.2) is 0 Å². The van der Waals surface area contributed by atoms with Crippen LogP contribution in [0.3, 0.4) is 0 Å². The van der Waals surface area contributed by atoms with E-state index in [1.54, 1.807) is 0 Å². The summed E-state index contributed by atoms with van der Waals surface area (Å²) in [5.74, 6) is 0. The summed E-state index contributed by atoms with van der Waals surface area (Å²) < 4.78 is 0. The summed E-state index contributed by atoms with van der Waals surface area (Å²) in [6.45, 7) is 0.886. The molecule has 0 spiro atoms. The molecule has 4 rings (SSSR count). The van der Waals surface area contributed by atoms with Crippen molar-refractivity contribution in [1.82, 2.24) is 9.88 Å². The Hall–Kier alpha value is -2.97. The number of rotatable bonds is 5. The first-order valence-corrected chi connectivity index (χ1v) is 8.95. The maximum Gasteiger partial charge on any atom is 0.0609 e. The maximum atomic E-state index is 4.21. The molecule has 4 aromatic rings. The lowest BCUT2D eigenvalue weighted by Crippen LogP contribution is -2.25. The standard InChI is InChI=1S/C24H22N2/c1-26(18-19-8-3-2-4-9-19)24(21-14-16-25-17-15-21)23-13-7-11-20-10-5-6-12-22(20)23/h2-17,24H,18H2,1H3. The van der Waals surface area contributed by atoms with Crippen molar-refractivity contribution < 1.29 is 0 Å². The van der Waals surface area contributed by atoms with Gasteiger partial charge in [-0.1, -0.05) is 72.8 Å². The van der Waals surface area contributed by atoms with Crippen molar-refractivity contribution in [3.63, 3.8) is 0 Å². The molecule has 0 radical (unpaired) electrons. The van der Waals surface area contributed by atoms with Gasteiger partial charge in [-0.3, -0.25) is 9.88 Å². The van der Waals surface area contributed by atoms with Gasteiger partial charge in [-0.2, -0.15) is 0 Å². The fourth-order valence-corrected chi connectivity index (χ4v) is 3.67. The van der Waals surface area contributed by atoms with Crippen molar-refractivity contribution in [2.24, 2.45) is 0 Å². The number of pyridine rings is 1. The molecule has 128 valence electrons. The van der Waals surface area contributed by atoms with Crippen molar-refractivity contribution in [3.05, 3.63) is 114 Å². The van der Waals surface area contributed by atoms with E-state index in [1.807, 2.05) is 12.4 Å². The molecule has 0 aliphatic heterocycles. The lowest BCUT2D eigenvalue weighted by atomic mass is 9.93. The Bertz CT molecular complexity index is 975. The average Bonchev–Trinajstić information content (AvgIpc) is 2.70. The monoisotopic (exact) mass is 338 g/mol. The maximum absolute atomic E-state index is 4.21. The molecule has 0 N–H and O–H groups in total. The van der Waals surface area contributed by atoms with Gasteiger partial charge in [-0.05, 0) is 46.6 Å². The lowest BCUT2D eigenvalue weighted by molar-refractivity contribution is 0.272. The summed E-state index contributed by atoms with van der Waals surface area (Å²) in [5.41, 5.74) is 3.90. The van der Waals surface area contributed by atoms with Crippen LogP contribution in [0.5, 0.6) is 0 Å². The van der Waals surface area contributed by atoms with E-state index < -0.39 is 0 Å². The van der Waals surface area contributed by atoms with Crippen molar-refractivity contribution in [1.29, 1.82) is 0 Å². The Kier molecular flexibility index (Phi) is 4.76. The molecule has 2 nitrogen and oxygen atoms in total. The predicted octanol–water partition coefficient (Wildman–Crippen LogP) is 5.46. The molecule has 1 unspecified atom stereocenters. The van der Waals surface area contributed by atoms with Crippen molar-refractivity contribution in [2.45, 2.75) is 12.6 Å². The van der Waals surface area contributed by atoms with Crippen LogP contribution in [-0.4, -0.2) is 16.9 Å². The molecule has 0 bridgehead atoms. The van der Waals surface area contributed by atoms with Gasteiger partial charge in [-0.25, -0.2) is 0 Å². The molecule has 0 saturated carbocycles. The van der Waals surface area contributed by atoms with Gasteiger partial charge < -0.3 is 0 Å². The summed E-state index contributed by atoms with van der Waals surface area (Å²) in [7, 11) is 2.19. The van der Waals surface area contributed by atoms with Gasteiger partial charge in [0.2, 0.25) is 0 Å². The van der Waals surface area contributed by atoms with Crippen molar-refractivity contribution in [3.8, 4) is 0 Å². The first kappa shape index (κ1) is 16.5. The molecule has 1 aromatic heterocycles.